The van der Waals surface area contributed by atoms with Crippen LogP contribution in [-0.4, -0.2) is 24.7 Å². The van der Waals surface area contributed by atoms with Gasteiger partial charge in [-0.2, -0.15) is 0 Å². The molecule has 6 heteroatoms. The van der Waals surface area contributed by atoms with Crippen molar-refractivity contribution in [1.82, 2.24) is 0 Å². The highest BCUT2D eigenvalue weighted by Gasteiger charge is 2.23. The number of rotatable bonds is 6. The van der Waals surface area contributed by atoms with Gasteiger partial charge in [-0.25, -0.2) is 0 Å². The minimum absolute atomic E-state index is 0.149. The van der Waals surface area contributed by atoms with Gasteiger partial charge in [0.05, 0.1) is 12.3 Å². The van der Waals surface area contributed by atoms with Crippen molar-refractivity contribution < 1.29 is 14.3 Å². The molecule has 1 amide bonds. The molecule has 0 fully saturated rings. The Balaban J connectivity index is 1.76. The lowest BCUT2D eigenvalue weighted by atomic mass is 10.1. The third kappa shape index (κ3) is 4.30. The first-order valence-electron chi connectivity index (χ1n) is 9.18. The summed E-state index contributed by atoms with van der Waals surface area (Å²) in [7, 11) is 0. The zero-order valence-electron chi connectivity index (χ0n) is 16.1. The second-order valence-corrected chi connectivity index (χ2v) is 7.20. The molecule has 2 N–H and O–H groups in total. The van der Waals surface area contributed by atoms with Gasteiger partial charge in [-0.05, 0) is 51.5 Å². The highest BCUT2D eigenvalue weighted by atomic mass is 35.5. The SMILES string of the molecule is CCOc1cc2c(cc1N[C@@H](C)C(=O)Nc1cccc(Cl)c1C)O[C@H](C)C2. The Morgan fingerprint density at radius 3 is 2.89 bits per heavy atom. The molecule has 0 spiro atoms. The number of ether oxygens (including phenoxy) is 2. The molecule has 2 aromatic rings. The van der Waals surface area contributed by atoms with Crippen LogP contribution in [0.5, 0.6) is 11.5 Å². The van der Waals surface area contributed by atoms with E-state index in [0.29, 0.717) is 17.3 Å². The van der Waals surface area contributed by atoms with Crippen molar-refractivity contribution >= 4 is 28.9 Å². The van der Waals surface area contributed by atoms with Gasteiger partial charge in [-0.1, -0.05) is 17.7 Å². The maximum absolute atomic E-state index is 12.6. The van der Waals surface area contributed by atoms with Crippen LogP contribution in [0.4, 0.5) is 11.4 Å². The van der Waals surface area contributed by atoms with Crippen LogP contribution in [0.2, 0.25) is 5.02 Å². The first-order chi connectivity index (χ1) is 12.9. The number of anilines is 2. The van der Waals surface area contributed by atoms with E-state index in [4.69, 9.17) is 21.1 Å². The molecule has 144 valence electrons. The fraction of sp³-hybridized carbons (Fsp3) is 0.381. The number of halogens is 1. The number of hydrogen-bond donors (Lipinski definition) is 2. The topological polar surface area (TPSA) is 59.6 Å². The number of carbonyl (C=O) groups excluding carboxylic acids is 1. The summed E-state index contributed by atoms with van der Waals surface area (Å²) in [6, 6.07) is 8.89. The van der Waals surface area contributed by atoms with E-state index in [1.807, 2.05) is 52.0 Å². The smallest absolute Gasteiger partial charge is 0.246 e. The van der Waals surface area contributed by atoms with Gasteiger partial charge in [0.15, 0.2) is 0 Å². The number of benzene rings is 2. The molecule has 2 aromatic carbocycles. The van der Waals surface area contributed by atoms with Crippen LogP contribution in [0.25, 0.3) is 0 Å². The lowest BCUT2D eigenvalue weighted by Crippen LogP contribution is -2.32. The van der Waals surface area contributed by atoms with Gasteiger partial charge in [-0.3, -0.25) is 4.79 Å². The largest absolute Gasteiger partial charge is 0.492 e. The molecular formula is C21H25ClN2O3. The standard InChI is InChI=1S/C21H25ClN2O3/c1-5-26-20-10-15-9-12(2)27-19(15)11-18(20)23-14(4)21(25)24-17-8-6-7-16(22)13(17)3/h6-8,10-12,14,23H,5,9H2,1-4H3,(H,24,25)/t12-,14+/m1/s1. The van der Waals surface area contributed by atoms with Gasteiger partial charge in [0.2, 0.25) is 5.91 Å². The molecule has 1 heterocycles. The summed E-state index contributed by atoms with van der Waals surface area (Å²) in [4.78, 5) is 12.6. The summed E-state index contributed by atoms with van der Waals surface area (Å²) >= 11 is 6.13. The Morgan fingerprint density at radius 1 is 1.37 bits per heavy atom. The molecule has 27 heavy (non-hydrogen) atoms. The van der Waals surface area contributed by atoms with Crippen molar-refractivity contribution in [3.05, 3.63) is 46.5 Å². The van der Waals surface area contributed by atoms with Crippen molar-refractivity contribution in [1.29, 1.82) is 0 Å². The van der Waals surface area contributed by atoms with Crippen molar-refractivity contribution in [2.24, 2.45) is 0 Å². The molecule has 5 nitrogen and oxygen atoms in total. The van der Waals surface area contributed by atoms with Crippen LogP contribution in [0.15, 0.2) is 30.3 Å². The van der Waals surface area contributed by atoms with E-state index in [0.717, 1.165) is 34.7 Å². The van der Waals surface area contributed by atoms with Crippen molar-refractivity contribution in [3.8, 4) is 11.5 Å². The van der Waals surface area contributed by atoms with E-state index in [2.05, 4.69) is 10.6 Å². The molecule has 0 aromatic heterocycles. The third-order valence-electron chi connectivity index (χ3n) is 4.59. The first kappa shape index (κ1) is 19.4. The van der Waals surface area contributed by atoms with Crippen molar-refractivity contribution in [3.63, 3.8) is 0 Å². The molecular weight excluding hydrogens is 364 g/mol. The first-order valence-corrected chi connectivity index (χ1v) is 9.55. The van der Waals surface area contributed by atoms with E-state index < -0.39 is 6.04 Å². The normalized spacial score (nSPS) is 16.3. The zero-order valence-corrected chi connectivity index (χ0v) is 16.8. The lowest BCUT2D eigenvalue weighted by Gasteiger charge is -2.19. The predicted molar refractivity (Wildman–Crippen MR) is 109 cm³/mol. The minimum Gasteiger partial charge on any atom is -0.492 e. The Labute approximate surface area is 165 Å². The van der Waals surface area contributed by atoms with Crippen LogP contribution in [0.1, 0.15) is 31.9 Å². The Bertz CT molecular complexity index is 854. The summed E-state index contributed by atoms with van der Waals surface area (Å²) in [5.41, 5.74) is 3.42. The van der Waals surface area contributed by atoms with Crippen LogP contribution in [-0.2, 0) is 11.2 Å². The summed E-state index contributed by atoms with van der Waals surface area (Å²) < 4.78 is 11.6. The minimum atomic E-state index is -0.473. The lowest BCUT2D eigenvalue weighted by molar-refractivity contribution is -0.116. The second kappa shape index (κ2) is 8.09. The maximum Gasteiger partial charge on any atom is 0.246 e. The number of hydrogen-bond acceptors (Lipinski definition) is 4. The van der Waals surface area contributed by atoms with Crippen molar-refractivity contribution in [2.45, 2.75) is 46.3 Å². The monoisotopic (exact) mass is 388 g/mol. The van der Waals surface area contributed by atoms with Gasteiger partial charge < -0.3 is 20.1 Å². The van der Waals surface area contributed by atoms with Gasteiger partial charge in [0.25, 0.3) is 0 Å². The molecule has 3 rings (SSSR count). The second-order valence-electron chi connectivity index (χ2n) is 6.79. The average Bonchev–Trinajstić information content (AvgIpc) is 2.98. The third-order valence-corrected chi connectivity index (χ3v) is 5.00. The molecule has 0 unspecified atom stereocenters. The van der Waals surface area contributed by atoms with E-state index >= 15 is 0 Å². The van der Waals surface area contributed by atoms with Gasteiger partial charge in [0.1, 0.15) is 23.6 Å². The summed E-state index contributed by atoms with van der Waals surface area (Å²) in [6.45, 7) is 8.21. The van der Waals surface area contributed by atoms with E-state index in [1.54, 1.807) is 6.07 Å². The van der Waals surface area contributed by atoms with Crippen LogP contribution >= 0.6 is 11.6 Å². The van der Waals surface area contributed by atoms with Crippen molar-refractivity contribution in [2.75, 3.05) is 17.2 Å². The fourth-order valence-corrected chi connectivity index (χ4v) is 3.28. The van der Waals surface area contributed by atoms with Gasteiger partial charge in [-0.15, -0.1) is 0 Å². The fourth-order valence-electron chi connectivity index (χ4n) is 3.11. The van der Waals surface area contributed by atoms with Gasteiger partial charge >= 0.3 is 0 Å². The molecule has 1 aliphatic rings. The van der Waals surface area contributed by atoms with Crippen LogP contribution in [0, 0.1) is 6.92 Å². The number of nitrogens with one attached hydrogen (secondary N) is 2. The summed E-state index contributed by atoms with van der Waals surface area (Å²) in [5, 5.41) is 6.79. The molecule has 2 atom stereocenters. The number of fused-ring (bicyclic) bond motifs is 1. The number of amides is 1. The Morgan fingerprint density at radius 2 is 2.15 bits per heavy atom. The van der Waals surface area contributed by atoms with Crippen LogP contribution < -0.4 is 20.1 Å². The molecule has 0 saturated heterocycles. The quantitative estimate of drug-likeness (QED) is 0.745. The summed E-state index contributed by atoms with van der Waals surface area (Å²) in [5.74, 6) is 1.41. The van der Waals surface area contributed by atoms with E-state index in [-0.39, 0.29) is 12.0 Å². The maximum atomic E-state index is 12.6. The zero-order chi connectivity index (χ0) is 19.6. The number of carbonyl (C=O) groups is 1. The molecule has 0 radical (unpaired) electrons. The highest BCUT2D eigenvalue weighted by molar-refractivity contribution is 6.31. The molecule has 1 aliphatic heterocycles. The Hall–Kier alpha value is -2.40. The molecule has 0 saturated carbocycles. The van der Waals surface area contributed by atoms with E-state index in [1.165, 1.54) is 0 Å². The molecule has 0 bridgehead atoms. The highest BCUT2D eigenvalue weighted by Crippen LogP contribution is 2.38. The molecule has 0 aliphatic carbocycles. The van der Waals surface area contributed by atoms with Crippen LogP contribution in [0.3, 0.4) is 0 Å². The Kier molecular flexibility index (Phi) is 5.80. The average molecular weight is 389 g/mol. The summed E-state index contributed by atoms with van der Waals surface area (Å²) in [6.07, 6.45) is 1.01. The van der Waals surface area contributed by atoms with Gasteiger partial charge in [0, 0.05) is 28.8 Å². The predicted octanol–water partition coefficient (Wildman–Crippen LogP) is 4.81. The van der Waals surface area contributed by atoms with E-state index in [9.17, 15) is 4.79 Å².